The van der Waals surface area contributed by atoms with E-state index >= 15 is 0 Å². The topological polar surface area (TPSA) is 99.0 Å². The van der Waals surface area contributed by atoms with Gasteiger partial charge in [0, 0.05) is 4.47 Å². The van der Waals surface area contributed by atoms with Crippen LogP contribution in [0.15, 0.2) is 53.3 Å². The number of nitrogens with one attached hydrogen (secondary N) is 1. The highest BCUT2D eigenvalue weighted by Gasteiger charge is 2.13. The van der Waals surface area contributed by atoms with Crippen molar-refractivity contribution in [3.05, 3.63) is 63.9 Å². The lowest BCUT2D eigenvalue weighted by Crippen LogP contribution is -2.21. The Labute approximate surface area is 161 Å². The quantitative estimate of drug-likeness (QED) is 0.618. The Morgan fingerprint density at radius 2 is 2.08 bits per heavy atom. The zero-order valence-corrected chi connectivity index (χ0v) is 15.4. The molecule has 1 aromatic heterocycles. The largest absolute Gasteiger partial charge is 0.452 e. The number of ether oxygens (including phenoxy) is 1. The minimum absolute atomic E-state index is 0.271. The molecule has 0 bridgehead atoms. The number of aromatic nitrogens is 4. The van der Waals surface area contributed by atoms with Gasteiger partial charge in [-0.3, -0.25) is 4.79 Å². The van der Waals surface area contributed by atoms with Gasteiger partial charge in [-0.2, -0.15) is 0 Å². The Bertz CT molecular complexity index is 949. The van der Waals surface area contributed by atoms with Crippen molar-refractivity contribution in [2.24, 2.45) is 0 Å². The van der Waals surface area contributed by atoms with Gasteiger partial charge >= 0.3 is 5.97 Å². The van der Waals surface area contributed by atoms with Crippen LogP contribution in [0.5, 0.6) is 0 Å². The van der Waals surface area contributed by atoms with Crippen LogP contribution in [-0.2, 0) is 9.53 Å². The third kappa shape index (κ3) is 4.44. The molecule has 0 saturated carbocycles. The van der Waals surface area contributed by atoms with E-state index in [2.05, 4.69) is 36.8 Å². The Morgan fingerprint density at radius 3 is 2.81 bits per heavy atom. The maximum Gasteiger partial charge on any atom is 0.338 e. The van der Waals surface area contributed by atoms with Crippen LogP contribution in [0, 0.1) is 0 Å². The summed E-state index contributed by atoms with van der Waals surface area (Å²) in [6.45, 7) is -0.444. The summed E-state index contributed by atoms with van der Waals surface area (Å²) in [5.41, 5.74) is 1.29. The molecule has 0 aliphatic carbocycles. The molecule has 0 atom stereocenters. The molecule has 0 saturated heterocycles. The second-order valence-corrected chi connectivity index (χ2v) is 6.38. The summed E-state index contributed by atoms with van der Waals surface area (Å²) in [5.74, 6) is -1.14. The SMILES string of the molecule is O=C(COC(=O)c1cccc(-n2cnnn2)c1)Nc1ccc(Br)cc1Cl. The second kappa shape index (κ2) is 8.07. The van der Waals surface area contributed by atoms with Crippen LogP contribution in [0.3, 0.4) is 0 Å². The molecule has 0 unspecified atom stereocenters. The average molecular weight is 437 g/mol. The van der Waals surface area contributed by atoms with E-state index in [4.69, 9.17) is 16.3 Å². The average Bonchev–Trinajstić information content (AvgIpc) is 3.17. The number of benzene rings is 2. The molecule has 0 aliphatic rings. The molecule has 0 fully saturated rings. The van der Waals surface area contributed by atoms with Crippen LogP contribution in [0.1, 0.15) is 10.4 Å². The highest BCUT2D eigenvalue weighted by molar-refractivity contribution is 9.10. The summed E-state index contributed by atoms with van der Waals surface area (Å²) in [7, 11) is 0. The molecule has 1 N–H and O–H groups in total. The van der Waals surface area contributed by atoms with Crippen molar-refractivity contribution in [2.75, 3.05) is 11.9 Å². The molecule has 0 radical (unpaired) electrons. The minimum Gasteiger partial charge on any atom is -0.452 e. The van der Waals surface area contributed by atoms with Crippen LogP contribution < -0.4 is 5.32 Å². The lowest BCUT2D eigenvalue weighted by atomic mass is 10.2. The third-order valence-corrected chi connectivity index (χ3v) is 4.04. The van der Waals surface area contributed by atoms with E-state index < -0.39 is 18.5 Å². The fraction of sp³-hybridized carbons (Fsp3) is 0.0625. The van der Waals surface area contributed by atoms with Gasteiger partial charge in [0.25, 0.3) is 5.91 Å². The van der Waals surface area contributed by atoms with Gasteiger partial charge in [0.2, 0.25) is 0 Å². The fourth-order valence-corrected chi connectivity index (χ4v) is 2.77. The highest BCUT2D eigenvalue weighted by Crippen LogP contribution is 2.25. The summed E-state index contributed by atoms with van der Waals surface area (Å²) in [5, 5.41) is 13.8. The maximum absolute atomic E-state index is 12.1. The molecule has 1 amide bonds. The van der Waals surface area contributed by atoms with Gasteiger partial charge in [0.05, 0.1) is 22.0 Å². The number of hydrogen-bond acceptors (Lipinski definition) is 6. The van der Waals surface area contributed by atoms with Gasteiger partial charge in [0.15, 0.2) is 6.61 Å². The summed E-state index contributed by atoms with van der Waals surface area (Å²) in [6, 6.07) is 11.5. The van der Waals surface area contributed by atoms with Crippen LogP contribution in [0.2, 0.25) is 5.02 Å². The summed E-state index contributed by atoms with van der Waals surface area (Å²) in [4.78, 5) is 24.1. The van der Waals surface area contributed by atoms with Gasteiger partial charge in [-0.15, -0.1) is 5.10 Å². The zero-order chi connectivity index (χ0) is 18.5. The number of halogens is 2. The van der Waals surface area contributed by atoms with E-state index in [1.165, 1.54) is 11.0 Å². The molecule has 3 rings (SSSR count). The lowest BCUT2D eigenvalue weighted by molar-refractivity contribution is -0.119. The van der Waals surface area contributed by atoms with E-state index in [1.54, 1.807) is 42.5 Å². The van der Waals surface area contributed by atoms with E-state index in [-0.39, 0.29) is 5.56 Å². The third-order valence-electron chi connectivity index (χ3n) is 3.23. The Morgan fingerprint density at radius 1 is 1.23 bits per heavy atom. The molecule has 132 valence electrons. The van der Waals surface area contributed by atoms with Gasteiger partial charge in [-0.05, 0) is 46.8 Å². The van der Waals surface area contributed by atoms with Crippen molar-refractivity contribution in [3.8, 4) is 5.69 Å². The Kier molecular flexibility index (Phi) is 5.59. The van der Waals surface area contributed by atoms with Crippen molar-refractivity contribution in [2.45, 2.75) is 0 Å². The number of carbonyl (C=O) groups is 2. The molecular formula is C16H11BrClN5O3. The smallest absolute Gasteiger partial charge is 0.338 e. The van der Waals surface area contributed by atoms with Crippen LogP contribution in [-0.4, -0.2) is 38.7 Å². The number of esters is 1. The van der Waals surface area contributed by atoms with E-state index in [0.29, 0.717) is 16.4 Å². The maximum atomic E-state index is 12.1. The van der Waals surface area contributed by atoms with Gasteiger partial charge in [0.1, 0.15) is 6.33 Å². The number of amides is 1. The van der Waals surface area contributed by atoms with E-state index in [0.717, 1.165) is 4.47 Å². The first-order valence-electron chi connectivity index (χ1n) is 7.28. The van der Waals surface area contributed by atoms with Gasteiger partial charge in [-0.25, -0.2) is 9.48 Å². The first-order chi connectivity index (χ1) is 12.5. The number of hydrogen-bond donors (Lipinski definition) is 1. The van der Waals surface area contributed by atoms with Crippen molar-refractivity contribution >= 4 is 45.1 Å². The van der Waals surface area contributed by atoms with Crippen molar-refractivity contribution < 1.29 is 14.3 Å². The minimum atomic E-state index is -0.642. The first-order valence-corrected chi connectivity index (χ1v) is 8.45. The number of nitrogens with zero attached hydrogens (tertiary/aromatic N) is 4. The highest BCUT2D eigenvalue weighted by atomic mass is 79.9. The monoisotopic (exact) mass is 435 g/mol. The summed E-state index contributed by atoms with van der Waals surface area (Å²) < 4.78 is 7.22. The molecule has 10 heteroatoms. The number of carbonyl (C=O) groups excluding carboxylic acids is 2. The fourth-order valence-electron chi connectivity index (χ4n) is 2.05. The molecule has 8 nitrogen and oxygen atoms in total. The molecular weight excluding hydrogens is 426 g/mol. The normalized spacial score (nSPS) is 10.4. The molecule has 0 spiro atoms. The Hall–Kier alpha value is -2.78. The molecule has 1 heterocycles. The first kappa shape index (κ1) is 18.0. The number of tetrazole rings is 1. The van der Waals surface area contributed by atoms with Crippen LogP contribution in [0.25, 0.3) is 5.69 Å². The molecule has 2 aromatic carbocycles. The predicted molar refractivity (Wildman–Crippen MR) is 97.2 cm³/mol. The molecule has 26 heavy (non-hydrogen) atoms. The van der Waals surface area contributed by atoms with Gasteiger partial charge in [-0.1, -0.05) is 33.6 Å². The zero-order valence-electron chi connectivity index (χ0n) is 13.1. The van der Waals surface area contributed by atoms with Crippen molar-refractivity contribution in [1.29, 1.82) is 0 Å². The predicted octanol–water partition coefficient (Wildman–Crippen LogP) is 2.87. The molecule has 3 aromatic rings. The van der Waals surface area contributed by atoms with Gasteiger partial charge < -0.3 is 10.1 Å². The second-order valence-electron chi connectivity index (χ2n) is 5.05. The van der Waals surface area contributed by atoms with Crippen LogP contribution >= 0.6 is 27.5 Å². The number of rotatable bonds is 5. The molecule has 0 aliphatic heterocycles. The standard InChI is InChI=1S/C16H11BrClN5O3/c17-11-4-5-14(13(18)7-11)20-15(24)8-26-16(25)10-2-1-3-12(6-10)23-9-19-21-22-23/h1-7,9H,8H2,(H,20,24). The van der Waals surface area contributed by atoms with E-state index in [9.17, 15) is 9.59 Å². The summed E-state index contributed by atoms with van der Waals surface area (Å²) in [6.07, 6.45) is 1.40. The van der Waals surface area contributed by atoms with E-state index in [1.807, 2.05) is 0 Å². The Balaban J connectivity index is 1.60. The number of anilines is 1. The summed E-state index contributed by atoms with van der Waals surface area (Å²) >= 11 is 9.31. The van der Waals surface area contributed by atoms with Crippen LogP contribution in [0.4, 0.5) is 5.69 Å². The lowest BCUT2D eigenvalue weighted by Gasteiger charge is -2.09. The van der Waals surface area contributed by atoms with Crippen molar-refractivity contribution in [3.63, 3.8) is 0 Å². The van der Waals surface area contributed by atoms with Crippen molar-refractivity contribution in [1.82, 2.24) is 20.2 Å².